The predicted octanol–water partition coefficient (Wildman–Crippen LogP) is 3.62. The number of fused-ring (bicyclic) bond motifs is 1. The number of hydrogen-bond acceptors (Lipinski definition) is 2. The number of furan rings is 1. The van der Waals surface area contributed by atoms with Gasteiger partial charge >= 0.3 is 0 Å². The van der Waals surface area contributed by atoms with Gasteiger partial charge < -0.3 is 9.52 Å². The zero-order valence-corrected chi connectivity index (χ0v) is 10.3. The minimum Gasteiger partial charge on any atom is -0.460 e. The topological polar surface area (TPSA) is 33.4 Å². The summed E-state index contributed by atoms with van der Waals surface area (Å²) in [4.78, 5) is 0. The van der Waals surface area contributed by atoms with Crippen molar-refractivity contribution in [1.82, 2.24) is 0 Å². The standard InChI is InChI=1S/C15H18O2/c1-9-4-3-5-11-8-14(17-15(9)11)12-6-7-13(16)10(12)2/h3-5,8,10,12-13,16H,6-7H2,1-2H3. The molecular weight excluding hydrogens is 212 g/mol. The molecule has 1 fully saturated rings. The molecule has 0 amide bonds. The highest BCUT2D eigenvalue weighted by atomic mass is 16.3. The molecule has 0 radical (unpaired) electrons. The Hall–Kier alpha value is -1.28. The van der Waals surface area contributed by atoms with Gasteiger partial charge in [0, 0.05) is 11.3 Å². The summed E-state index contributed by atoms with van der Waals surface area (Å²) in [5.41, 5.74) is 2.18. The Morgan fingerprint density at radius 3 is 2.76 bits per heavy atom. The molecule has 0 spiro atoms. The predicted molar refractivity (Wildman–Crippen MR) is 68.1 cm³/mol. The van der Waals surface area contributed by atoms with E-state index in [-0.39, 0.29) is 6.10 Å². The lowest BCUT2D eigenvalue weighted by Gasteiger charge is -2.14. The fourth-order valence-corrected chi connectivity index (χ4v) is 2.96. The normalized spacial score (nSPS) is 29.0. The molecule has 1 heterocycles. The third kappa shape index (κ3) is 1.67. The molecule has 3 rings (SSSR count). The van der Waals surface area contributed by atoms with Gasteiger partial charge in [-0.15, -0.1) is 0 Å². The summed E-state index contributed by atoms with van der Waals surface area (Å²) in [5.74, 6) is 1.71. The van der Waals surface area contributed by atoms with E-state index >= 15 is 0 Å². The van der Waals surface area contributed by atoms with Gasteiger partial charge in [-0.3, -0.25) is 0 Å². The number of aliphatic hydroxyl groups is 1. The molecule has 1 N–H and O–H groups in total. The van der Waals surface area contributed by atoms with Crippen LogP contribution in [0.1, 0.15) is 37.0 Å². The molecule has 90 valence electrons. The van der Waals surface area contributed by atoms with Crippen LogP contribution in [-0.2, 0) is 0 Å². The van der Waals surface area contributed by atoms with Crippen molar-refractivity contribution in [3.63, 3.8) is 0 Å². The van der Waals surface area contributed by atoms with Gasteiger partial charge in [0.2, 0.25) is 0 Å². The van der Waals surface area contributed by atoms with Gasteiger partial charge in [-0.25, -0.2) is 0 Å². The van der Waals surface area contributed by atoms with Crippen LogP contribution in [0.5, 0.6) is 0 Å². The zero-order valence-electron chi connectivity index (χ0n) is 10.3. The van der Waals surface area contributed by atoms with E-state index < -0.39 is 0 Å². The van der Waals surface area contributed by atoms with Crippen LogP contribution in [0.15, 0.2) is 28.7 Å². The minimum atomic E-state index is -0.172. The van der Waals surface area contributed by atoms with E-state index in [2.05, 4.69) is 38.1 Å². The summed E-state index contributed by atoms with van der Waals surface area (Å²) < 4.78 is 5.99. The van der Waals surface area contributed by atoms with Crippen LogP contribution >= 0.6 is 0 Å². The fraction of sp³-hybridized carbons (Fsp3) is 0.467. The molecule has 0 saturated heterocycles. The van der Waals surface area contributed by atoms with E-state index in [1.54, 1.807) is 0 Å². The first-order chi connectivity index (χ1) is 8.16. The molecule has 0 bridgehead atoms. The lowest BCUT2D eigenvalue weighted by atomic mass is 9.94. The quantitative estimate of drug-likeness (QED) is 0.811. The Labute approximate surface area is 101 Å². The number of benzene rings is 1. The molecular formula is C15H18O2. The highest BCUT2D eigenvalue weighted by Gasteiger charge is 2.34. The SMILES string of the molecule is Cc1cccc2cc(C3CCC(O)C3C)oc12. The summed E-state index contributed by atoms with van der Waals surface area (Å²) in [6.45, 7) is 4.19. The summed E-state index contributed by atoms with van der Waals surface area (Å²) in [5, 5.41) is 11.0. The molecule has 1 aromatic heterocycles. The largest absolute Gasteiger partial charge is 0.460 e. The van der Waals surface area contributed by atoms with E-state index in [1.165, 1.54) is 10.9 Å². The van der Waals surface area contributed by atoms with Gasteiger partial charge in [-0.2, -0.15) is 0 Å². The van der Waals surface area contributed by atoms with Gasteiger partial charge in [0.15, 0.2) is 0 Å². The van der Waals surface area contributed by atoms with Gasteiger partial charge in [0.25, 0.3) is 0 Å². The van der Waals surface area contributed by atoms with E-state index in [9.17, 15) is 5.11 Å². The second-order valence-electron chi connectivity index (χ2n) is 5.25. The average molecular weight is 230 g/mol. The Morgan fingerprint density at radius 2 is 2.12 bits per heavy atom. The molecule has 1 aliphatic rings. The van der Waals surface area contributed by atoms with Crippen LogP contribution in [0.25, 0.3) is 11.0 Å². The summed E-state index contributed by atoms with van der Waals surface area (Å²) in [7, 11) is 0. The van der Waals surface area contributed by atoms with Crippen molar-refractivity contribution in [3.05, 3.63) is 35.6 Å². The molecule has 3 atom stereocenters. The summed E-state index contributed by atoms with van der Waals surface area (Å²) in [6, 6.07) is 8.36. The highest BCUT2D eigenvalue weighted by molar-refractivity contribution is 5.81. The smallest absolute Gasteiger partial charge is 0.137 e. The number of para-hydroxylation sites is 1. The number of hydrogen-bond donors (Lipinski definition) is 1. The van der Waals surface area contributed by atoms with Crippen LogP contribution in [0.2, 0.25) is 0 Å². The Morgan fingerprint density at radius 1 is 1.29 bits per heavy atom. The molecule has 0 aliphatic heterocycles. The molecule has 1 aromatic carbocycles. The van der Waals surface area contributed by atoms with Crippen molar-refractivity contribution in [1.29, 1.82) is 0 Å². The number of aliphatic hydroxyl groups excluding tert-OH is 1. The van der Waals surface area contributed by atoms with Crippen LogP contribution in [0.4, 0.5) is 0 Å². The average Bonchev–Trinajstić information content (AvgIpc) is 2.85. The lowest BCUT2D eigenvalue weighted by molar-refractivity contribution is 0.134. The second kappa shape index (κ2) is 3.88. The minimum absolute atomic E-state index is 0.172. The fourth-order valence-electron chi connectivity index (χ4n) is 2.96. The second-order valence-corrected chi connectivity index (χ2v) is 5.25. The maximum absolute atomic E-state index is 9.82. The third-order valence-corrected chi connectivity index (χ3v) is 4.14. The molecule has 2 nitrogen and oxygen atoms in total. The van der Waals surface area contributed by atoms with Crippen LogP contribution in [-0.4, -0.2) is 11.2 Å². The van der Waals surface area contributed by atoms with Crippen molar-refractivity contribution in [2.45, 2.75) is 38.7 Å². The first-order valence-electron chi connectivity index (χ1n) is 6.34. The maximum Gasteiger partial charge on any atom is 0.137 e. The van der Waals surface area contributed by atoms with Crippen LogP contribution in [0.3, 0.4) is 0 Å². The lowest BCUT2D eigenvalue weighted by Crippen LogP contribution is -2.13. The molecule has 17 heavy (non-hydrogen) atoms. The van der Waals surface area contributed by atoms with E-state index in [0.29, 0.717) is 11.8 Å². The first kappa shape index (κ1) is 10.8. The Bertz CT molecular complexity index is 541. The van der Waals surface area contributed by atoms with Crippen molar-refractivity contribution < 1.29 is 9.52 Å². The van der Waals surface area contributed by atoms with Gasteiger partial charge in [0.1, 0.15) is 11.3 Å². The number of aryl methyl sites for hydroxylation is 1. The van der Waals surface area contributed by atoms with Crippen LogP contribution < -0.4 is 0 Å². The molecule has 1 aliphatic carbocycles. The van der Waals surface area contributed by atoms with Crippen molar-refractivity contribution >= 4 is 11.0 Å². The number of rotatable bonds is 1. The van der Waals surface area contributed by atoms with Gasteiger partial charge in [0.05, 0.1) is 6.10 Å². The van der Waals surface area contributed by atoms with E-state index in [1.807, 2.05) is 0 Å². The van der Waals surface area contributed by atoms with Crippen molar-refractivity contribution in [2.24, 2.45) is 5.92 Å². The van der Waals surface area contributed by atoms with E-state index in [4.69, 9.17) is 4.42 Å². The highest BCUT2D eigenvalue weighted by Crippen LogP contribution is 2.41. The van der Waals surface area contributed by atoms with Crippen molar-refractivity contribution in [2.75, 3.05) is 0 Å². The molecule has 2 aromatic rings. The molecule has 3 unspecified atom stereocenters. The Balaban J connectivity index is 2.04. The first-order valence-corrected chi connectivity index (χ1v) is 6.34. The summed E-state index contributed by atoms with van der Waals surface area (Å²) in [6.07, 6.45) is 1.75. The monoisotopic (exact) mass is 230 g/mol. The maximum atomic E-state index is 9.82. The zero-order chi connectivity index (χ0) is 12.0. The summed E-state index contributed by atoms with van der Waals surface area (Å²) >= 11 is 0. The van der Waals surface area contributed by atoms with E-state index in [0.717, 1.165) is 24.2 Å². The molecule has 2 heteroatoms. The van der Waals surface area contributed by atoms with Crippen LogP contribution in [0, 0.1) is 12.8 Å². The van der Waals surface area contributed by atoms with Crippen molar-refractivity contribution in [3.8, 4) is 0 Å². The Kier molecular flexibility index (Phi) is 2.48. The van der Waals surface area contributed by atoms with Gasteiger partial charge in [-0.1, -0.05) is 25.1 Å². The third-order valence-electron chi connectivity index (χ3n) is 4.14. The van der Waals surface area contributed by atoms with Gasteiger partial charge in [-0.05, 0) is 37.3 Å². The molecule has 1 saturated carbocycles.